The van der Waals surface area contributed by atoms with Gasteiger partial charge in [0.1, 0.15) is 0 Å². The third-order valence-electron chi connectivity index (χ3n) is 2.69. The molecule has 0 rings (SSSR count). The van der Waals surface area contributed by atoms with Crippen LogP contribution < -0.4 is 5.32 Å². The van der Waals surface area contributed by atoms with Gasteiger partial charge in [0.2, 0.25) is 0 Å². The molecule has 0 aromatic heterocycles. The number of hydrogen-bond acceptors (Lipinski definition) is 3. The van der Waals surface area contributed by atoms with E-state index >= 15 is 0 Å². The van der Waals surface area contributed by atoms with Crippen molar-refractivity contribution in [3.63, 3.8) is 0 Å². The molecule has 0 bridgehead atoms. The fourth-order valence-electron chi connectivity index (χ4n) is 1.72. The summed E-state index contributed by atoms with van der Waals surface area (Å²) >= 11 is 0. The van der Waals surface area contributed by atoms with Gasteiger partial charge in [0.15, 0.2) is 0 Å². The minimum Gasteiger partial charge on any atom is -0.383 e. The molecule has 0 radical (unpaired) electrons. The normalized spacial score (nSPS) is 14.6. The average Bonchev–Trinajstić information content (AvgIpc) is 2.14. The Labute approximate surface area is 95.2 Å². The van der Waals surface area contributed by atoms with Gasteiger partial charge in [-0.1, -0.05) is 20.8 Å². The van der Waals surface area contributed by atoms with Crippen molar-refractivity contribution in [2.45, 2.75) is 33.7 Å². The summed E-state index contributed by atoms with van der Waals surface area (Å²) in [6.07, 6.45) is 0. The van der Waals surface area contributed by atoms with Gasteiger partial charge >= 0.3 is 0 Å². The van der Waals surface area contributed by atoms with Gasteiger partial charge in [-0.3, -0.25) is 0 Å². The number of methoxy groups -OCH3 is 1. The maximum absolute atomic E-state index is 5.16. The highest BCUT2D eigenvalue weighted by atomic mass is 16.5. The molecule has 3 nitrogen and oxygen atoms in total. The van der Waals surface area contributed by atoms with E-state index in [1.807, 2.05) is 0 Å². The third kappa shape index (κ3) is 6.88. The van der Waals surface area contributed by atoms with E-state index in [4.69, 9.17) is 4.74 Å². The van der Waals surface area contributed by atoms with Crippen molar-refractivity contribution in [1.29, 1.82) is 0 Å². The molecule has 92 valence electrons. The Bertz CT molecular complexity index is 160. The number of nitrogens with one attached hydrogen (secondary N) is 1. The van der Waals surface area contributed by atoms with E-state index in [2.05, 4.69) is 45.0 Å². The molecule has 0 spiro atoms. The summed E-state index contributed by atoms with van der Waals surface area (Å²) in [5, 5.41) is 3.41. The minimum atomic E-state index is 0.312. The van der Waals surface area contributed by atoms with Crippen molar-refractivity contribution < 1.29 is 4.74 Å². The van der Waals surface area contributed by atoms with Crippen LogP contribution >= 0.6 is 0 Å². The molecular weight excluding hydrogens is 188 g/mol. The summed E-state index contributed by atoms with van der Waals surface area (Å²) < 4.78 is 5.16. The second-order valence-electron chi connectivity index (χ2n) is 5.16. The Morgan fingerprint density at radius 3 is 2.47 bits per heavy atom. The first-order chi connectivity index (χ1) is 6.93. The van der Waals surface area contributed by atoms with Gasteiger partial charge in [-0.15, -0.1) is 0 Å². The van der Waals surface area contributed by atoms with E-state index in [0.29, 0.717) is 11.5 Å². The zero-order valence-corrected chi connectivity index (χ0v) is 11.3. The highest BCUT2D eigenvalue weighted by Gasteiger charge is 2.21. The van der Waals surface area contributed by atoms with Gasteiger partial charge in [0, 0.05) is 26.2 Å². The van der Waals surface area contributed by atoms with Gasteiger partial charge in [0.05, 0.1) is 6.61 Å². The van der Waals surface area contributed by atoms with E-state index in [0.717, 1.165) is 26.2 Å². The molecule has 0 aromatic rings. The fraction of sp³-hybridized carbons (Fsp3) is 1.00. The van der Waals surface area contributed by atoms with Gasteiger partial charge < -0.3 is 15.0 Å². The number of rotatable bonds is 8. The summed E-state index contributed by atoms with van der Waals surface area (Å²) in [4.78, 5) is 2.36. The molecule has 1 N–H and O–H groups in total. The maximum atomic E-state index is 5.16. The molecule has 0 saturated carbocycles. The summed E-state index contributed by atoms with van der Waals surface area (Å²) in [5.41, 5.74) is 0.312. The average molecular weight is 216 g/mol. The predicted octanol–water partition coefficient (Wildman–Crippen LogP) is 1.59. The summed E-state index contributed by atoms with van der Waals surface area (Å²) in [6.45, 7) is 12.9. The highest BCUT2D eigenvalue weighted by Crippen LogP contribution is 2.16. The van der Waals surface area contributed by atoms with E-state index < -0.39 is 0 Å². The van der Waals surface area contributed by atoms with Crippen LogP contribution in [0.3, 0.4) is 0 Å². The molecule has 0 aliphatic heterocycles. The van der Waals surface area contributed by atoms with Crippen molar-refractivity contribution in [3.8, 4) is 0 Å². The lowest BCUT2D eigenvalue weighted by Gasteiger charge is -2.33. The number of nitrogens with zero attached hydrogens (tertiary/aromatic N) is 1. The third-order valence-corrected chi connectivity index (χ3v) is 2.69. The lowest BCUT2D eigenvalue weighted by Crippen LogP contribution is -2.43. The molecule has 15 heavy (non-hydrogen) atoms. The maximum Gasteiger partial charge on any atom is 0.0615 e. The predicted molar refractivity (Wildman–Crippen MR) is 66.3 cm³/mol. The van der Waals surface area contributed by atoms with Gasteiger partial charge in [-0.05, 0) is 25.9 Å². The molecule has 0 aliphatic carbocycles. The highest BCUT2D eigenvalue weighted by molar-refractivity contribution is 4.77. The number of hydrogen-bond donors (Lipinski definition) is 1. The van der Waals surface area contributed by atoms with E-state index in [1.165, 1.54) is 0 Å². The zero-order valence-electron chi connectivity index (χ0n) is 11.3. The minimum absolute atomic E-state index is 0.312. The summed E-state index contributed by atoms with van der Waals surface area (Å²) in [7, 11) is 3.92. The Hall–Kier alpha value is -0.120. The molecule has 0 amide bonds. The SMILES string of the molecule is CCNCC(C)(C)CN(C)C(C)COC. The van der Waals surface area contributed by atoms with Crippen molar-refractivity contribution in [2.75, 3.05) is 40.4 Å². The summed E-state index contributed by atoms with van der Waals surface area (Å²) in [6, 6.07) is 0.482. The van der Waals surface area contributed by atoms with Crippen LogP contribution in [0.4, 0.5) is 0 Å². The topological polar surface area (TPSA) is 24.5 Å². The Kier molecular flexibility index (Phi) is 7.14. The van der Waals surface area contributed by atoms with Crippen LogP contribution in [0.25, 0.3) is 0 Å². The van der Waals surface area contributed by atoms with Crippen LogP contribution in [-0.4, -0.2) is 51.3 Å². The number of ether oxygens (including phenoxy) is 1. The van der Waals surface area contributed by atoms with Crippen molar-refractivity contribution in [3.05, 3.63) is 0 Å². The van der Waals surface area contributed by atoms with Crippen LogP contribution in [0.5, 0.6) is 0 Å². The van der Waals surface area contributed by atoms with Crippen molar-refractivity contribution >= 4 is 0 Å². The van der Waals surface area contributed by atoms with E-state index in [-0.39, 0.29) is 0 Å². The van der Waals surface area contributed by atoms with E-state index in [9.17, 15) is 0 Å². The first kappa shape index (κ1) is 14.9. The Morgan fingerprint density at radius 1 is 1.40 bits per heavy atom. The van der Waals surface area contributed by atoms with E-state index in [1.54, 1.807) is 7.11 Å². The monoisotopic (exact) mass is 216 g/mol. The molecule has 0 aliphatic rings. The fourth-order valence-corrected chi connectivity index (χ4v) is 1.72. The lowest BCUT2D eigenvalue weighted by molar-refractivity contribution is 0.0902. The Balaban J connectivity index is 3.96. The van der Waals surface area contributed by atoms with Crippen LogP contribution in [0.1, 0.15) is 27.7 Å². The molecule has 0 aromatic carbocycles. The second kappa shape index (κ2) is 7.20. The van der Waals surface area contributed by atoms with Gasteiger partial charge in [0.25, 0.3) is 0 Å². The molecular formula is C12H28N2O. The number of likely N-dealkylation sites (N-methyl/N-ethyl adjacent to an activating group) is 1. The molecule has 0 heterocycles. The van der Waals surface area contributed by atoms with Crippen LogP contribution in [0.2, 0.25) is 0 Å². The second-order valence-corrected chi connectivity index (χ2v) is 5.16. The molecule has 1 atom stereocenters. The molecule has 0 saturated heterocycles. The zero-order chi connectivity index (χ0) is 11.9. The van der Waals surface area contributed by atoms with Crippen LogP contribution in [0, 0.1) is 5.41 Å². The Morgan fingerprint density at radius 2 is 2.00 bits per heavy atom. The smallest absolute Gasteiger partial charge is 0.0615 e. The first-order valence-corrected chi connectivity index (χ1v) is 5.83. The van der Waals surface area contributed by atoms with Gasteiger partial charge in [-0.2, -0.15) is 0 Å². The largest absolute Gasteiger partial charge is 0.383 e. The lowest BCUT2D eigenvalue weighted by atomic mass is 9.92. The standard InChI is InChI=1S/C12H28N2O/c1-7-13-9-12(3,4)10-14(5)11(2)8-15-6/h11,13H,7-10H2,1-6H3. The quantitative estimate of drug-likeness (QED) is 0.667. The van der Waals surface area contributed by atoms with Gasteiger partial charge in [-0.25, -0.2) is 0 Å². The van der Waals surface area contributed by atoms with Crippen LogP contribution in [0.15, 0.2) is 0 Å². The van der Waals surface area contributed by atoms with Crippen LogP contribution in [-0.2, 0) is 4.74 Å². The summed E-state index contributed by atoms with van der Waals surface area (Å²) in [5.74, 6) is 0. The van der Waals surface area contributed by atoms with Crippen molar-refractivity contribution in [1.82, 2.24) is 10.2 Å². The van der Waals surface area contributed by atoms with Crippen molar-refractivity contribution in [2.24, 2.45) is 5.41 Å². The first-order valence-electron chi connectivity index (χ1n) is 5.83. The molecule has 3 heteroatoms. The molecule has 1 unspecified atom stereocenters. The molecule has 0 fully saturated rings.